The van der Waals surface area contributed by atoms with Crippen LogP contribution >= 0.6 is 0 Å². The largest absolute Gasteiger partial charge is 0.370 e. The second-order valence-electron chi connectivity index (χ2n) is 9.03. The summed E-state index contributed by atoms with van der Waals surface area (Å²) in [5.74, 6) is -2.14. The van der Waals surface area contributed by atoms with Gasteiger partial charge >= 0.3 is 0 Å². The number of guanidine groups is 1. The molecule has 15 heteroatoms. The molecule has 1 amide bonds. The summed E-state index contributed by atoms with van der Waals surface area (Å²) in [5, 5.41) is -0.720. The van der Waals surface area contributed by atoms with Crippen molar-refractivity contribution >= 4 is 32.0 Å². The molecule has 0 spiro atoms. The summed E-state index contributed by atoms with van der Waals surface area (Å²) >= 11 is 0. The van der Waals surface area contributed by atoms with Crippen LogP contribution < -0.4 is 16.2 Å². The van der Waals surface area contributed by atoms with Gasteiger partial charge in [0.15, 0.2) is 5.96 Å². The first kappa shape index (κ1) is 29.5. The van der Waals surface area contributed by atoms with Gasteiger partial charge in [-0.05, 0) is 57.8 Å². The fourth-order valence-corrected chi connectivity index (χ4v) is 6.46. The van der Waals surface area contributed by atoms with Gasteiger partial charge in [0.2, 0.25) is 10.0 Å². The quantitative estimate of drug-likeness (QED) is 0.101. The number of alkyl halides is 2. The Morgan fingerprint density at radius 3 is 2.20 bits per heavy atom. The van der Waals surface area contributed by atoms with Crippen molar-refractivity contribution in [1.29, 1.82) is 0 Å². The van der Waals surface area contributed by atoms with Crippen LogP contribution in [0.1, 0.15) is 51.9 Å². The minimum Gasteiger partial charge on any atom is -0.370 e. The number of carbonyl (C=O) groups is 1. The summed E-state index contributed by atoms with van der Waals surface area (Å²) in [5.41, 5.74) is 10.5. The Bertz CT molecular complexity index is 996. The Labute approximate surface area is 204 Å². The molecule has 0 aromatic heterocycles. The molecule has 0 heterocycles. The third-order valence-corrected chi connectivity index (χ3v) is 8.87. The van der Waals surface area contributed by atoms with Crippen LogP contribution in [-0.2, 0) is 29.7 Å². The van der Waals surface area contributed by atoms with E-state index in [0.717, 1.165) is 0 Å². The lowest BCUT2D eigenvalue weighted by Crippen LogP contribution is -2.45. The summed E-state index contributed by atoms with van der Waals surface area (Å²) in [4.78, 5) is 15.2. The maximum Gasteiger partial charge on any atom is 0.275 e. The van der Waals surface area contributed by atoms with Gasteiger partial charge in [-0.3, -0.25) is 9.35 Å². The maximum absolute atomic E-state index is 14.8. The van der Waals surface area contributed by atoms with Crippen LogP contribution in [0.3, 0.4) is 0 Å². The van der Waals surface area contributed by atoms with Crippen LogP contribution in [0.5, 0.6) is 0 Å². The normalized spacial score (nSPS) is 30.6. The predicted octanol–water partition coefficient (Wildman–Crippen LogP) is 0.713. The Balaban J connectivity index is 1.83. The van der Waals surface area contributed by atoms with E-state index in [2.05, 4.69) is 9.71 Å². The van der Waals surface area contributed by atoms with Crippen LogP contribution in [0, 0.1) is 5.92 Å². The smallest absolute Gasteiger partial charge is 0.275 e. The van der Waals surface area contributed by atoms with Crippen molar-refractivity contribution in [3.8, 4) is 0 Å². The first-order chi connectivity index (χ1) is 16.2. The van der Waals surface area contributed by atoms with Crippen molar-refractivity contribution in [2.45, 2.75) is 81.7 Å². The molecule has 2 atom stereocenters. The molecule has 0 saturated heterocycles. The Morgan fingerprint density at radius 1 is 1.11 bits per heavy atom. The Morgan fingerprint density at radius 2 is 1.69 bits per heavy atom. The molecule has 2 aliphatic rings. The molecule has 2 fully saturated rings. The zero-order chi connectivity index (χ0) is 26.4. The summed E-state index contributed by atoms with van der Waals surface area (Å²) in [6.45, 7) is 1.34. The molecule has 2 unspecified atom stereocenters. The minimum absolute atomic E-state index is 0.0330. The highest BCUT2D eigenvalue weighted by molar-refractivity contribution is 7.90. The van der Waals surface area contributed by atoms with E-state index < -0.39 is 73.5 Å². The van der Waals surface area contributed by atoms with Gasteiger partial charge in [-0.1, -0.05) is 6.08 Å². The van der Waals surface area contributed by atoms with Gasteiger partial charge in [0.25, 0.3) is 16.0 Å². The van der Waals surface area contributed by atoms with Crippen LogP contribution in [0.15, 0.2) is 16.6 Å². The second-order valence-corrected chi connectivity index (χ2v) is 12.7. The fraction of sp³-hybridized carbons (Fsp3) is 0.800. The van der Waals surface area contributed by atoms with E-state index in [0.29, 0.717) is 12.8 Å². The van der Waals surface area contributed by atoms with Crippen molar-refractivity contribution in [3.05, 3.63) is 11.6 Å². The van der Waals surface area contributed by atoms with E-state index in [9.17, 15) is 30.4 Å². The molecule has 11 nitrogen and oxygen atoms in total. The van der Waals surface area contributed by atoms with E-state index in [-0.39, 0.29) is 44.2 Å². The predicted molar refractivity (Wildman–Crippen MR) is 126 cm³/mol. The van der Waals surface area contributed by atoms with Crippen molar-refractivity contribution in [2.75, 3.05) is 12.3 Å². The molecule has 0 aliphatic heterocycles. The lowest BCUT2D eigenvalue weighted by atomic mass is 9.83. The number of amides is 1. The van der Waals surface area contributed by atoms with E-state index in [1.165, 1.54) is 13.0 Å². The van der Waals surface area contributed by atoms with Gasteiger partial charge in [0.1, 0.15) is 18.4 Å². The van der Waals surface area contributed by atoms with Gasteiger partial charge in [-0.15, -0.1) is 0 Å². The number of halogens is 2. The highest BCUT2D eigenvalue weighted by Gasteiger charge is 2.41. The van der Waals surface area contributed by atoms with Crippen molar-refractivity contribution < 1.29 is 39.7 Å². The number of nitrogens with two attached hydrogens (primary N) is 2. The zero-order valence-corrected chi connectivity index (χ0v) is 21.1. The number of nitrogens with one attached hydrogen (secondary N) is 1. The molecule has 2 saturated carbocycles. The first-order valence-corrected chi connectivity index (χ1v) is 14.5. The maximum atomic E-state index is 14.8. The number of rotatable bonds is 10. The van der Waals surface area contributed by atoms with Crippen LogP contribution in [0.2, 0.25) is 0 Å². The summed E-state index contributed by atoms with van der Waals surface area (Å²) in [6, 6.07) is 0. The van der Waals surface area contributed by atoms with E-state index in [4.69, 9.17) is 20.8 Å². The SMILES string of the molecule is C/C(=C\C1CC(F)C(OC2CCC(S(=O)(=O)NCCCS(=O)(=O)O)CC2)C(F)C1)C(=O)N=C(N)N. The van der Waals surface area contributed by atoms with Crippen molar-refractivity contribution in [3.63, 3.8) is 0 Å². The molecule has 0 radical (unpaired) electrons. The van der Waals surface area contributed by atoms with Crippen LogP contribution in [0.25, 0.3) is 0 Å². The van der Waals surface area contributed by atoms with Gasteiger partial charge < -0.3 is 16.2 Å². The molecular formula is C20H34F2N4O7S2. The highest BCUT2D eigenvalue weighted by atomic mass is 32.2. The number of hydrogen-bond donors (Lipinski definition) is 4. The van der Waals surface area contributed by atoms with E-state index in [1.54, 1.807) is 0 Å². The third-order valence-electron chi connectivity index (χ3n) is 6.11. The Hall–Kier alpha value is -1.68. The monoisotopic (exact) mass is 544 g/mol. The average molecular weight is 545 g/mol. The first-order valence-electron chi connectivity index (χ1n) is 11.4. The number of sulfonamides is 1. The number of ether oxygens (including phenoxy) is 1. The van der Waals surface area contributed by atoms with Crippen LogP contribution in [0.4, 0.5) is 8.78 Å². The van der Waals surface area contributed by atoms with Crippen molar-refractivity contribution in [2.24, 2.45) is 22.4 Å². The zero-order valence-electron chi connectivity index (χ0n) is 19.5. The molecule has 35 heavy (non-hydrogen) atoms. The van der Waals surface area contributed by atoms with Crippen molar-refractivity contribution in [1.82, 2.24) is 4.72 Å². The highest BCUT2D eigenvalue weighted by Crippen LogP contribution is 2.35. The average Bonchev–Trinajstić information content (AvgIpc) is 2.73. The molecule has 0 aromatic rings. The number of aliphatic imine (C=N–C) groups is 1. The van der Waals surface area contributed by atoms with Gasteiger partial charge in [0, 0.05) is 12.1 Å². The molecule has 0 aromatic carbocycles. The number of hydrogen-bond acceptors (Lipinski definition) is 6. The second kappa shape index (κ2) is 12.5. The Kier molecular flexibility index (Phi) is 10.6. The molecular weight excluding hydrogens is 510 g/mol. The molecule has 2 rings (SSSR count). The van der Waals surface area contributed by atoms with E-state index >= 15 is 0 Å². The van der Waals surface area contributed by atoms with Gasteiger partial charge in [0.05, 0.1) is 17.1 Å². The molecule has 6 N–H and O–H groups in total. The van der Waals surface area contributed by atoms with Crippen LogP contribution in [-0.4, -0.2) is 75.4 Å². The minimum atomic E-state index is -4.16. The standard InChI is InChI=1S/C20H34F2N4O7S2/c1-12(19(27)26-20(23)24)9-13-10-16(21)18(17(22)11-13)33-14-3-5-15(6-4-14)35(31,32)25-7-2-8-34(28,29)30/h9,13-18,25H,2-8,10-11H2,1H3,(H,28,29,30)(H4,23,24,26,27)/b12-9+. The lowest BCUT2D eigenvalue weighted by molar-refractivity contribution is -0.118. The summed E-state index contributed by atoms with van der Waals surface area (Å²) in [7, 11) is -7.86. The summed E-state index contributed by atoms with van der Waals surface area (Å²) in [6.07, 6.45) is -2.55. The third kappa shape index (κ3) is 9.71. The number of nitrogens with zero attached hydrogens (tertiary/aromatic N) is 1. The van der Waals surface area contributed by atoms with Gasteiger partial charge in [-0.25, -0.2) is 21.9 Å². The molecule has 0 bridgehead atoms. The summed E-state index contributed by atoms with van der Waals surface area (Å²) < 4.78 is 92.5. The topological polar surface area (TPSA) is 191 Å². The number of allylic oxidation sites excluding steroid dienone is 1. The molecule has 202 valence electrons. The molecule has 2 aliphatic carbocycles. The van der Waals surface area contributed by atoms with E-state index in [1.807, 2.05) is 0 Å². The van der Waals surface area contributed by atoms with Gasteiger partial charge in [-0.2, -0.15) is 13.4 Å². The lowest BCUT2D eigenvalue weighted by Gasteiger charge is -2.37. The number of carbonyl (C=O) groups excluding carboxylic acids is 1. The fourth-order valence-electron chi connectivity index (χ4n) is 4.39.